The molecule has 0 atom stereocenters. The van der Waals surface area contributed by atoms with E-state index in [-0.39, 0.29) is 0 Å². The molecule has 4 heterocycles. The van der Waals surface area contributed by atoms with E-state index in [2.05, 4.69) is 42.6 Å². The maximum atomic E-state index is 5.20. The Labute approximate surface area is 178 Å². The van der Waals surface area contributed by atoms with Gasteiger partial charge in [0.2, 0.25) is 0 Å². The Balaban J connectivity index is 1.26. The molecular weight excluding hydrogens is 394 g/mol. The first-order valence-electron chi connectivity index (χ1n) is 9.92. The molecule has 4 aromatic heterocycles. The van der Waals surface area contributed by atoms with Gasteiger partial charge in [0, 0.05) is 17.0 Å². The number of nitrogens with one attached hydrogen (secondary N) is 1. The molecule has 1 aromatic carbocycles. The molecule has 5 aromatic rings. The molecule has 0 bridgehead atoms. The maximum Gasteiger partial charge on any atom is 0.166 e. The van der Waals surface area contributed by atoms with E-state index < -0.39 is 0 Å². The van der Waals surface area contributed by atoms with Gasteiger partial charge < -0.3 is 14.2 Å². The van der Waals surface area contributed by atoms with E-state index in [4.69, 9.17) is 18.8 Å². The number of furan rings is 2. The number of hydrogen-bond acceptors (Lipinski definition) is 6. The largest absolute Gasteiger partial charge is 0.472 e. The average molecular weight is 416 g/mol. The van der Waals surface area contributed by atoms with E-state index in [9.17, 15) is 0 Å². The molecule has 0 saturated carbocycles. The molecule has 1 N–H and O–H groups in total. The molecule has 0 saturated heterocycles. The van der Waals surface area contributed by atoms with Gasteiger partial charge in [-0.25, -0.2) is 9.97 Å². The number of hydrogen-bond donors (Lipinski definition) is 1. The van der Waals surface area contributed by atoms with Crippen LogP contribution >= 0.6 is 11.3 Å². The highest BCUT2D eigenvalue weighted by molar-refractivity contribution is 7.18. The zero-order valence-electron chi connectivity index (χ0n) is 16.6. The van der Waals surface area contributed by atoms with Crippen LogP contribution in [0.15, 0.2) is 76.4 Å². The first-order valence-corrected chi connectivity index (χ1v) is 10.7. The zero-order chi connectivity index (χ0) is 20.3. The minimum absolute atomic E-state index is 0.690. The highest BCUT2D eigenvalue weighted by Crippen LogP contribution is 2.31. The first-order chi connectivity index (χ1) is 14.8. The fraction of sp³-hybridized carbons (Fsp3) is 0.167. The van der Waals surface area contributed by atoms with Crippen molar-refractivity contribution in [2.45, 2.75) is 19.8 Å². The molecule has 0 aliphatic heterocycles. The van der Waals surface area contributed by atoms with Crippen molar-refractivity contribution in [2.24, 2.45) is 0 Å². The molecule has 0 radical (unpaired) electrons. The third-order valence-corrected chi connectivity index (χ3v) is 5.98. The van der Waals surface area contributed by atoms with Crippen molar-refractivity contribution < 1.29 is 8.83 Å². The van der Waals surface area contributed by atoms with Gasteiger partial charge in [-0.15, -0.1) is 11.3 Å². The van der Waals surface area contributed by atoms with Gasteiger partial charge in [-0.2, -0.15) is 0 Å². The Morgan fingerprint density at radius 3 is 2.40 bits per heavy atom. The lowest BCUT2D eigenvalue weighted by Gasteiger charge is -2.09. The van der Waals surface area contributed by atoms with Gasteiger partial charge in [0.05, 0.1) is 29.7 Å². The van der Waals surface area contributed by atoms with E-state index in [0.717, 1.165) is 46.5 Å². The molecule has 5 rings (SSSR count). The van der Waals surface area contributed by atoms with Gasteiger partial charge in [-0.1, -0.05) is 24.3 Å². The Morgan fingerprint density at radius 1 is 0.900 bits per heavy atom. The number of aromatic nitrogens is 2. The van der Waals surface area contributed by atoms with Gasteiger partial charge in [0.15, 0.2) is 5.82 Å². The second-order valence-corrected chi connectivity index (χ2v) is 8.46. The van der Waals surface area contributed by atoms with Crippen LogP contribution in [0.3, 0.4) is 0 Å². The first kappa shape index (κ1) is 18.6. The van der Waals surface area contributed by atoms with E-state index in [1.807, 2.05) is 12.1 Å². The van der Waals surface area contributed by atoms with Crippen molar-refractivity contribution in [2.75, 3.05) is 11.9 Å². The van der Waals surface area contributed by atoms with Gasteiger partial charge in [0.1, 0.15) is 16.9 Å². The SMILES string of the molecule is Cc1cc2c(NCCCc3ccc(-c4ccoc4)cc3)nc(-c3ccoc3)nc2s1. The number of nitrogens with zero attached hydrogens (tertiary/aromatic N) is 2. The summed E-state index contributed by atoms with van der Waals surface area (Å²) in [5.41, 5.74) is 4.50. The number of aryl methyl sites for hydroxylation is 2. The normalized spacial score (nSPS) is 11.2. The molecule has 0 spiro atoms. The number of anilines is 1. The summed E-state index contributed by atoms with van der Waals surface area (Å²) in [6.45, 7) is 2.94. The second-order valence-electron chi connectivity index (χ2n) is 7.22. The Bertz CT molecular complexity index is 1240. The highest BCUT2D eigenvalue weighted by Gasteiger charge is 2.12. The van der Waals surface area contributed by atoms with E-state index in [1.54, 1.807) is 36.4 Å². The summed E-state index contributed by atoms with van der Waals surface area (Å²) in [4.78, 5) is 11.7. The lowest BCUT2D eigenvalue weighted by molar-refractivity contribution is 0.568. The van der Waals surface area contributed by atoms with Gasteiger partial charge >= 0.3 is 0 Å². The summed E-state index contributed by atoms with van der Waals surface area (Å²) in [5, 5.41) is 4.60. The van der Waals surface area contributed by atoms with Crippen molar-refractivity contribution >= 4 is 27.4 Å². The van der Waals surface area contributed by atoms with Crippen LogP contribution in [0.2, 0.25) is 0 Å². The summed E-state index contributed by atoms with van der Waals surface area (Å²) >= 11 is 1.69. The van der Waals surface area contributed by atoms with Crippen molar-refractivity contribution in [3.63, 3.8) is 0 Å². The average Bonchev–Trinajstić information content (AvgIpc) is 3.52. The van der Waals surface area contributed by atoms with Crippen LogP contribution in [0.1, 0.15) is 16.9 Å². The molecule has 150 valence electrons. The van der Waals surface area contributed by atoms with E-state index in [1.165, 1.54) is 16.0 Å². The van der Waals surface area contributed by atoms with Gasteiger partial charge in [-0.3, -0.25) is 0 Å². The fourth-order valence-electron chi connectivity index (χ4n) is 3.49. The Hall–Kier alpha value is -3.38. The summed E-state index contributed by atoms with van der Waals surface area (Å²) in [7, 11) is 0. The van der Waals surface area contributed by atoms with E-state index >= 15 is 0 Å². The third-order valence-electron chi connectivity index (χ3n) is 5.04. The third kappa shape index (κ3) is 3.86. The molecule has 0 aliphatic carbocycles. The number of benzene rings is 1. The van der Waals surface area contributed by atoms with Crippen LogP contribution < -0.4 is 5.32 Å². The molecule has 0 unspecified atom stereocenters. The molecule has 0 fully saturated rings. The van der Waals surface area contributed by atoms with E-state index in [0.29, 0.717) is 5.82 Å². The number of thiophene rings is 1. The molecule has 5 nitrogen and oxygen atoms in total. The monoisotopic (exact) mass is 415 g/mol. The summed E-state index contributed by atoms with van der Waals surface area (Å²) in [6.07, 6.45) is 8.81. The Morgan fingerprint density at radius 2 is 1.67 bits per heavy atom. The van der Waals surface area contributed by atoms with Gasteiger partial charge in [0.25, 0.3) is 0 Å². The lowest BCUT2D eigenvalue weighted by atomic mass is 10.0. The van der Waals surface area contributed by atoms with Crippen LogP contribution in [0.5, 0.6) is 0 Å². The summed E-state index contributed by atoms with van der Waals surface area (Å²) in [5.74, 6) is 1.58. The standard InChI is InChI=1S/C24H21N3O2S/c1-16-13-21-23(26-22(27-24(21)30-16)20-9-12-29-15-20)25-10-2-3-17-4-6-18(7-5-17)19-8-11-28-14-19/h4-9,11-15H,2-3,10H2,1H3,(H,25,26,27). The van der Waals surface area contributed by atoms with Crippen LogP contribution in [-0.2, 0) is 6.42 Å². The second kappa shape index (κ2) is 8.16. The molecule has 0 amide bonds. The van der Waals surface area contributed by atoms with Crippen molar-refractivity contribution in [1.82, 2.24) is 9.97 Å². The predicted octanol–water partition coefficient (Wildman–Crippen LogP) is 6.56. The molecule has 30 heavy (non-hydrogen) atoms. The fourth-order valence-corrected chi connectivity index (χ4v) is 4.37. The van der Waals surface area contributed by atoms with Crippen LogP contribution in [-0.4, -0.2) is 16.5 Å². The maximum absolute atomic E-state index is 5.20. The van der Waals surface area contributed by atoms with Crippen LogP contribution in [0, 0.1) is 6.92 Å². The predicted molar refractivity (Wildman–Crippen MR) is 121 cm³/mol. The van der Waals surface area contributed by atoms with Crippen LogP contribution in [0.4, 0.5) is 5.82 Å². The minimum atomic E-state index is 0.690. The highest BCUT2D eigenvalue weighted by atomic mass is 32.1. The van der Waals surface area contributed by atoms with Crippen molar-refractivity contribution in [3.8, 4) is 22.5 Å². The van der Waals surface area contributed by atoms with Crippen LogP contribution in [0.25, 0.3) is 32.7 Å². The number of rotatable bonds is 7. The minimum Gasteiger partial charge on any atom is -0.472 e. The lowest BCUT2D eigenvalue weighted by Crippen LogP contribution is -2.06. The number of fused-ring (bicyclic) bond motifs is 1. The zero-order valence-corrected chi connectivity index (χ0v) is 17.4. The Kier molecular flexibility index (Phi) is 5.07. The quantitative estimate of drug-likeness (QED) is 0.305. The summed E-state index contributed by atoms with van der Waals surface area (Å²) < 4.78 is 10.4. The van der Waals surface area contributed by atoms with Crippen molar-refractivity contribution in [3.05, 3.63) is 78.0 Å². The summed E-state index contributed by atoms with van der Waals surface area (Å²) in [6, 6.07) is 14.7. The molecular formula is C24H21N3O2S. The molecule has 0 aliphatic rings. The molecule has 6 heteroatoms. The smallest absolute Gasteiger partial charge is 0.166 e. The van der Waals surface area contributed by atoms with Gasteiger partial charge in [-0.05, 0) is 49.1 Å². The topological polar surface area (TPSA) is 64.1 Å². The van der Waals surface area contributed by atoms with Crippen molar-refractivity contribution in [1.29, 1.82) is 0 Å².